The molecule has 7 nitrogen and oxygen atoms in total. The van der Waals surface area contributed by atoms with Gasteiger partial charge in [0.1, 0.15) is 6.04 Å². The first kappa shape index (κ1) is 20.5. The number of benzene rings is 1. The van der Waals surface area contributed by atoms with Gasteiger partial charge in [0.05, 0.1) is 19.8 Å². The van der Waals surface area contributed by atoms with Crippen LogP contribution in [0.5, 0.6) is 11.5 Å². The fourth-order valence-corrected chi connectivity index (χ4v) is 3.82. The average molecular weight is 391 g/mol. The number of rotatable bonds is 6. The predicted octanol–water partition coefficient (Wildman–Crippen LogP) is 1.44. The van der Waals surface area contributed by atoms with E-state index in [4.69, 9.17) is 9.47 Å². The van der Waals surface area contributed by atoms with Gasteiger partial charge in [-0.3, -0.25) is 10.1 Å². The molecule has 1 unspecified atom stereocenters. The number of hydrogen-bond acceptors (Lipinski definition) is 4. The average Bonchev–Trinajstić information content (AvgIpc) is 2.96. The largest absolute Gasteiger partial charge is 0.490 e. The zero-order chi connectivity index (χ0) is 19.9. The Morgan fingerprint density at radius 3 is 2.75 bits per heavy atom. The Kier molecular flexibility index (Phi) is 7.14. The monoisotopic (exact) mass is 390 g/mol. The first-order chi connectivity index (χ1) is 13.5. The molecule has 7 heteroatoms. The molecule has 28 heavy (non-hydrogen) atoms. The molecule has 0 aromatic heterocycles. The Balaban J connectivity index is 1.55. The number of imide groups is 1. The summed E-state index contributed by atoms with van der Waals surface area (Å²) in [5, 5.41) is 5.20. The molecular weight excluding hydrogens is 358 g/mol. The van der Waals surface area contributed by atoms with Gasteiger partial charge in [0.15, 0.2) is 18.0 Å². The van der Waals surface area contributed by atoms with Crippen LogP contribution in [0, 0.1) is 5.92 Å². The summed E-state index contributed by atoms with van der Waals surface area (Å²) >= 11 is 0. The molecule has 1 aromatic rings. The molecule has 2 aliphatic rings. The van der Waals surface area contributed by atoms with E-state index in [1.54, 1.807) is 0 Å². The highest BCUT2D eigenvalue weighted by molar-refractivity contribution is 5.94. The van der Waals surface area contributed by atoms with Crippen molar-refractivity contribution in [1.29, 1.82) is 0 Å². The van der Waals surface area contributed by atoms with Crippen molar-refractivity contribution in [2.45, 2.75) is 45.6 Å². The van der Waals surface area contributed by atoms with Crippen LogP contribution < -0.4 is 25.0 Å². The van der Waals surface area contributed by atoms with Crippen LogP contribution in [0.4, 0.5) is 4.79 Å². The van der Waals surface area contributed by atoms with Gasteiger partial charge in [-0.25, -0.2) is 4.79 Å². The summed E-state index contributed by atoms with van der Waals surface area (Å²) in [4.78, 5) is 25.4. The lowest BCUT2D eigenvalue weighted by molar-refractivity contribution is -0.910. The maximum Gasteiger partial charge on any atom is 0.321 e. The number of carbonyl (C=O) groups is 2. The van der Waals surface area contributed by atoms with E-state index in [0.29, 0.717) is 25.7 Å². The summed E-state index contributed by atoms with van der Waals surface area (Å²) in [5.74, 6) is 1.85. The molecule has 3 rings (SSSR count). The molecule has 3 N–H and O–H groups in total. The molecule has 1 fully saturated rings. The van der Waals surface area contributed by atoms with Gasteiger partial charge in [-0.2, -0.15) is 0 Å². The molecule has 1 saturated heterocycles. The first-order valence-corrected chi connectivity index (χ1v) is 10.3. The second-order valence-electron chi connectivity index (χ2n) is 8.02. The van der Waals surface area contributed by atoms with E-state index < -0.39 is 6.03 Å². The van der Waals surface area contributed by atoms with Crippen LogP contribution in [0.3, 0.4) is 0 Å². The number of urea groups is 1. The Bertz CT molecular complexity index is 692. The molecule has 0 saturated carbocycles. The quantitative estimate of drug-likeness (QED) is 0.687. The number of carbonyl (C=O) groups excluding carboxylic acids is 2. The van der Waals surface area contributed by atoms with E-state index in [-0.39, 0.29) is 18.5 Å². The van der Waals surface area contributed by atoms with Gasteiger partial charge in [0.2, 0.25) is 0 Å². The van der Waals surface area contributed by atoms with Crippen molar-refractivity contribution in [3.63, 3.8) is 0 Å². The molecule has 0 aliphatic carbocycles. The number of nitrogens with one attached hydrogen (secondary N) is 3. The Morgan fingerprint density at radius 1 is 1.18 bits per heavy atom. The topological polar surface area (TPSA) is 81.1 Å². The molecule has 3 amide bonds. The van der Waals surface area contributed by atoms with Crippen LogP contribution in [0.1, 0.15) is 51.1 Å². The minimum Gasteiger partial charge on any atom is -0.490 e. The lowest BCUT2D eigenvalue weighted by atomic mass is 10.0. The van der Waals surface area contributed by atoms with Gasteiger partial charge >= 0.3 is 6.03 Å². The summed E-state index contributed by atoms with van der Waals surface area (Å²) in [7, 11) is 0. The maximum atomic E-state index is 12.3. The van der Waals surface area contributed by atoms with Gasteiger partial charge in [-0.05, 0) is 30.5 Å². The minimum atomic E-state index is -0.406. The van der Waals surface area contributed by atoms with Crippen molar-refractivity contribution >= 4 is 11.9 Å². The van der Waals surface area contributed by atoms with Crippen LogP contribution in [-0.4, -0.2) is 44.8 Å². The summed E-state index contributed by atoms with van der Waals surface area (Å²) in [5.41, 5.74) is 1.16. The van der Waals surface area contributed by atoms with E-state index in [2.05, 4.69) is 30.5 Å². The SMILES string of the molecule is CC(C)CCNC(=O)NC(=O)C[NH+]1CCC[C@@H]1c1ccc2c(c1)OCCCO2. The smallest absolute Gasteiger partial charge is 0.321 e. The van der Waals surface area contributed by atoms with E-state index in [1.165, 1.54) is 4.90 Å². The highest BCUT2D eigenvalue weighted by Crippen LogP contribution is 2.33. The van der Waals surface area contributed by atoms with Gasteiger partial charge in [0.25, 0.3) is 5.91 Å². The highest BCUT2D eigenvalue weighted by Gasteiger charge is 2.32. The first-order valence-electron chi connectivity index (χ1n) is 10.3. The summed E-state index contributed by atoms with van der Waals surface area (Å²) in [6.45, 7) is 7.31. The van der Waals surface area contributed by atoms with Gasteiger partial charge in [0, 0.05) is 31.4 Å². The van der Waals surface area contributed by atoms with Gasteiger partial charge < -0.3 is 19.7 Å². The summed E-state index contributed by atoms with van der Waals surface area (Å²) in [6, 6.07) is 5.91. The molecule has 2 heterocycles. The lowest BCUT2D eigenvalue weighted by Crippen LogP contribution is -3.11. The number of quaternary nitrogens is 1. The third-order valence-electron chi connectivity index (χ3n) is 5.31. The van der Waals surface area contributed by atoms with Crippen molar-refractivity contribution in [2.24, 2.45) is 5.92 Å². The van der Waals surface area contributed by atoms with Crippen LogP contribution in [0.25, 0.3) is 0 Å². The normalized spacial score (nSPS) is 21.2. The number of hydrogen-bond donors (Lipinski definition) is 3. The van der Waals surface area contributed by atoms with E-state index in [9.17, 15) is 9.59 Å². The van der Waals surface area contributed by atoms with Gasteiger partial charge in [-0.15, -0.1) is 0 Å². The van der Waals surface area contributed by atoms with Crippen LogP contribution in [-0.2, 0) is 4.79 Å². The predicted molar refractivity (Wildman–Crippen MR) is 106 cm³/mol. The number of fused-ring (bicyclic) bond motifs is 1. The van der Waals surface area contributed by atoms with E-state index >= 15 is 0 Å². The minimum absolute atomic E-state index is 0.229. The molecule has 154 valence electrons. The Morgan fingerprint density at radius 2 is 1.96 bits per heavy atom. The number of ether oxygens (including phenoxy) is 2. The second-order valence-corrected chi connectivity index (χ2v) is 8.02. The third kappa shape index (κ3) is 5.61. The van der Waals surface area contributed by atoms with Crippen LogP contribution in [0.15, 0.2) is 18.2 Å². The van der Waals surface area contributed by atoms with Crippen LogP contribution in [0.2, 0.25) is 0 Å². The molecule has 0 radical (unpaired) electrons. The third-order valence-corrected chi connectivity index (χ3v) is 5.31. The Hall–Kier alpha value is -2.28. The highest BCUT2D eigenvalue weighted by atomic mass is 16.5. The fourth-order valence-electron chi connectivity index (χ4n) is 3.82. The molecule has 2 atom stereocenters. The number of amides is 3. The zero-order valence-electron chi connectivity index (χ0n) is 16.9. The van der Waals surface area contributed by atoms with Crippen molar-refractivity contribution < 1.29 is 24.0 Å². The molecule has 0 spiro atoms. The van der Waals surface area contributed by atoms with E-state index in [1.807, 2.05) is 12.1 Å². The molecule has 1 aromatic carbocycles. The van der Waals surface area contributed by atoms with Crippen molar-refractivity contribution in [3.8, 4) is 11.5 Å². The Labute approximate surface area is 166 Å². The molecule has 0 bridgehead atoms. The van der Waals surface area contributed by atoms with Gasteiger partial charge in [-0.1, -0.05) is 13.8 Å². The second kappa shape index (κ2) is 9.78. The number of likely N-dealkylation sites (tertiary alicyclic amines) is 1. The molecule has 2 aliphatic heterocycles. The standard InChI is InChI=1S/C21H31N3O4/c1-15(2)8-9-22-21(26)23-20(25)14-24-10-3-5-17(24)16-6-7-18-19(13-16)28-12-4-11-27-18/h6-7,13,15,17H,3-5,8-12,14H2,1-2H3,(H2,22,23,25,26)/p+1/t17-/m1/s1. The van der Waals surface area contributed by atoms with E-state index in [0.717, 1.165) is 49.3 Å². The van der Waals surface area contributed by atoms with Crippen molar-refractivity contribution in [1.82, 2.24) is 10.6 Å². The zero-order valence-corrected chi connectivity index (χ0v) is 16.9. The maximum absolute atomic E-state index is 12.3. The molecular formula is C21H32N3O4+. The summed E-state index contributed by atoms with van der Waals surface area (Å²) < 4.78 is 11.5. The fraction of sp³-hybridized carbons (Fsp3) is 0.619. The lowest BCUT2D eigenvalue weighted by Gasteiger charge is -2.22. The van der Waals surface area contributed by atoms with Crippen molar-refractivity contribution in [2.75, 3.05) is 32.8 Å². The van der Waals surface area contributed by atoms with Crippen molar-refractivity contribution in [3.05, 3.63) is 23.8 Å². The van der Waals surface area contributed by atoms with Crippen LogP contribution >= 0.6 is 0 Å². The summed E-state index contributed by atoms with van der Waals surface area (Å²) in [6.07, 6.45) is 3.85.